The topological polar surface area (TPSA) is 78.4 Å². The molecule has 0 spiro atoms. The first-order valence-electron chi connectivity index (χ1n) is 6.36. The molecule has 0 bridgehead atoms. The molecule has 1 atom stereocenters. The highest BCUT2D eigenvalue weighted by Gasteiger charge is 2.20. The van der Waals surface area contributed by atoms with Crippen LogP contribution in [0.25, 0.3) is 0 Å². The molecular formula is C14H20N2O3. The van der Waals surface area contributed by atoms with Crippen LogP contribution < -0.4 is 10.6 Å². The number of carboxylic acid groups (broad SMARTS) is 1. The minimum atomic E-state index is -1.01. The van der Waals surface area contributed by atoms with Crippen LogP contribution in [-0.2, 0) is 9.59 Å². The highest BCUT2D eigenvalue weighted by molar-refractivity contribution is 5.94. The molecule has 0 aliphatic heterocycles. The van der Waals surface area contributed by atoms with Gasteiger partial charge in [-0.2, -0.15) is 0 Å². The maximum absolute atomic E-state index is 11.8. The molecule has 0 radical (unpaired) electrons. The van der Waals surface area contributed by atoms with Crippen molar-refractivity contribution in [2.75, 3.05) is 11.9 Å². The van der Waals surface area contributed by atoms with Gasteiger partial charge in [0.05, 0.1) is 6.42 Å². The summed E-state index contributed by atoms with van der Waals surface area (Å²) in [5.74, 6) is -1.31. The van der Waals surface area contributed by atoms with Gasteiger partial charge in [0.1, 0.15) is 6.04 Å². The second-order valence-corrected chi connectivity index (χ2v) is 4.41. The highest BCUT2D eigenvalue weighted by Crippen LogP contribution is 2.13. The average molecular weight is 264 g/mol. The summed E-state index contributed by atoms with van der Waals surface area (Å²) in [6, 6.07) is 6.55. The summed E-state index contributed by atoms with van der Waals surface area (Å²) in [6.07, 6.45) is 0.743. The zero-order chi connectivity index (χ0) is 14.3. The zero-order valence-electron chi connectivity index (χ0n) is 11.3. The number of aliphatic carboxylic acids is 1. The summed E-state index contributed by atoms with van der Waals surface area (Å²) in [5.41, 5.74) is 1.66. The van der Waals surface area contributed by atoms with E-state index in [2.05, 4.69) is 10.6 Å². The fourth-order valence-corrected chi connectivity index (χ4v) is 1.67. The Bertz CT molecular complexity index is 446. The normalized spacial score (nSPS) is 11.9. The third kappa shape index (κ3) is 5.09. The van der Waals surface area contributed by atoms with Crippen molar-refractivity contribution in [3.63, 3.8) is 0 Å². The van der Waals surface area contributed by atoms with E-state index in [-0.39, 0.29) is 12.3 Å². The van der Waals surface area contributed by atoms with E-state index in [1.54, 1.807) is 6.07 Å². The molecule has 0 unspecified atom stereocenters. The first kappa shape index (κ1) is 15.2. The molecule has 1 amide bonds. The molecule has 0 saturated heterocycles. The lowest BCUT2D eigenvalue weighted by molar-refractivity contribution is -0.141. The van der Waals surface area contributed by atoms with Gasteiger partial charge in [-0.15, -0.1) is 0 Å². The third-order valence-corrected chi connectivity index (χ3v) is 2.75. The Balaban J connectivity index is 2.58. The van der Waals surface area contributed by atoms with Crippen molar-refractivity contribution >= 4 is 17.6 Å². The van der Waals surface area contributed by atoms with Crippen LogP contribution >= 0.6 is 0 Å². The number of hydrogen-bond donors (Lipinski definition) is 3. The molecular weight excluding hydrogens is 244 g/mol. The Labute approximate surface area is 113 Å². The first-order valence-corrected chi connectivity index (χ1v) is 6.36. The minimum Gasteiger partial charge on any atom is -0.480 e. The molecule has 0 heterocycles. The summed E-state index contributed by atoms with van der Waals surface area (Å²) in [4.78, 5) is 22.8. The molecule has 0 aliphatic carbocycles. The first-order chi connectivity index (χ1) is 9.04. The largest absolute Gasteiger partial charge is 0.480 e. The van der Waals surface area contributed by atoms with Gasteiger partial charge in [0.25, 0.3) is 0 Å². The molecule has 1 rings (SSSR count). The number of rotatable bonds is 7. The molecule has 1 aromatic rings. The van der Waals surface area contributed by atoms with Gasteiger partial charge in [-0.05, 0) is 31.5 Å². The van der Waals surface area contributed by atoms with Gasteiger partial charge in [0.2, 0.25) is 5.91 Å². The van der Waals surface area contributed by atoms with Crippen molar-refractivity contribution in [2.24, 2.45) is 0 Å². The molecule has 0 fully saturated rings. The Morgan fingerprint density at radius 1 is 1.32 bits per heavy atom. The second-order valence-electron chi connectivity index (χ2n) is 4.41. The van der Waals surface area contributed by atoms with E-state index >= 15 is 0 Å². The number of carboxylic acids is 1. The maximum Gasteiger partial charge on any atom is 0.321 e. The van der Waals surface area contributed by atoms with E-state index < -0.39 is 12.0 Å². The predicted octanol–water partition coefficient (Wildman–Crippen LogP) is 1.78. The van der Waals surface area contributed by atoms with Gasteiger partial charge in [-0.25, -0.2) is 0 Å². The average Bonchev–Trinajstić information content (AvgIpc) is 2.37. The second kappa shape index (κ2) is 7.53. The molecule has 5 nitrogen and oxygen atoms in total. The van der Waals surface area contributed by atoms with E-state index in [1.165, 1.54) is 0 Å². The van der Waals surface area contributed by atoms with Gasteiger partial charge in [0.15, 0.2) is 0 Å². The highest BCUT2D eigenvalue weighted by atomic mass is 16.4. The number of carbonyl (C=O) groups is 2. The van der Waals surface area contributed by atoms with Crippen molar-refractivity contribution in [3.8, 4) is 0 Å². The molecule has 1 aromatic carbocycles. The van der Waals surface area contributed by atoms with E-state index in [9.17, 15) is 9.59 Å². The minimum absolute atomic E-state index is 0.0797. The van der Waals surface area contributed by atoms with Gasteiger partial charge in [-0.3, -0.25) is 9.59 Å². The zero-order valence-corrected chi connectivity index (χ0v) is 11.3. The number of para-hydroxylation sites is 1. The van der Waals surface area contributed by atoms with Gasteiger partial charge in [-0.1, -0.05) is 25.1 Å². The monoisotopic (exact) mass is 264 g/mol. The lowest BCUT2D eigenvalue weighted by Gasteiger charge is -2.14. The summed E-state index contributed by atoms with van der Waals surface area (Å²) in [7, 11) is 0. The van der Waals surface area contributed by atoms with Crippen LogP contribution in [0.5, 0.6) is 0 Å². The molecule has 104 valence electrons. The fraction of sp³-hybridized carbons (Fsp3) is 0.429. The number of hydrogen-bond acceptors (Lipinski definition) is 3. The van der Waals surface area contributed by atoms with Crippen molar-refractivity contribution in [1.82, 2.24) is 5.32 Å². The van der Waals surface area contributed by atoms with Crippen LogP contribution in [0.2, 0.25) is 0 Å². The van der Waals surface area contributed by atoms with Gasteiger partial charge < -0.3 is 15.7 Å². The molecule has 5 heteroatoms. The number of nitrogens with one attached hydrogen (secondary N) is 2. The van der Waals surface area contributed by atoms with Crippen molar-refractivity contribution in [1.29, 1.82) is 0 Å². The standard InChI is InChI=1S/C14H20N2O3/c1-3-8-15-12(14(18)19)9-13(17)16-11-7-5-4-6-10(11)2/h4-7,12,15H,3,8-9H2,1-2H3,(H,16,17)(H,18,19)/t12-/m1/s1. The molecule has 0 aliphatic rings. The quantitative estimate of drug-likeness (QED) is 0.701. The molecule has 0 aromatic heterocycles. The van der Waals surface area contributed by atoms with Crippen molar-refractivity contribution in [3.05, 3.63) is 29.8 Å². The van der Waals surface area contributed by atoms with Crippen molar-refractivity contribution < 1.29 is 14.7 Å². The molecule has 0 saturated carbocycles. The third-order valence-electron chi connectivity index (χ3n) is 2.75. The Morgan fingerprint density at radius 2 is 2.00 bits per heavy atom. The van der Waals surface area contributed by atoms with Crippen LogP contribution in [0.1, 0.15) is 25.3 Å². The number of carbonyl (C=O) groups excluding carboxylic acids is 1. The van der Waals surface area contributed by atoms with E-state index in [4.69, 9.17) is 5.11 Å². The summed E-state index contributed by atoms with van der Waals surface area (Å²) < 4.78 is 0. The Kier molecular flexibility index (Phi) is 6.02. The van der Waals surface area contributed by atoms with Crippen LogP contribution in [0.4, 0.5) is 5.69 Å². The molecule has 19 heavy (non-hydrogen) atoms. The van der Waals surface area contributed by atoms with Gasteiger partial charge >= 0.3 is 5.97 Å². The van der Waals surface area contributed by atoms with Crippen molar-refractivity contribution in [2.45, 2.75) is 32.7 Å². The predicted molar refractivity (Wildman–Crippen MR) is 74.1 cm³/mol. The number of benzene rings is 1. The molecule has 3 N–H and O–H groups in total. The van der Waals surface area contributed by atoms with E-state index in [1.807, 2.05) is 32.0 Å². The SMILES string of the molecule is CCCN[C@H](CC(=O)Nc1ccccc1C)C(=O)O. The van der Waals surface area contributed by atoms with Crippen LogP contribution in [0.15, 0.2) is 24.3 Å². The lowest BCUT2D eigenvalue weighted by Crippen LogP contribution is -2.40. The maximum atomic E-state index is 11.8. The Morgan fingerprint density at radius 3 is 2.58 bits per heavy atom. The van der Waals surface area contributed by atoms with Crippen LogP contribution in [0.3, 0.4) is 0 Å². The smallest absolute Gasteiger partial charge is 0.321 e. The summed E-state index contributed by atoms with van der Waals surface area (Å²) in [6.45, 7) is 4.41. The van der Waals surface area contributed by atoms with Gasteiger partial charge in [0, 0.05) is 5.69 Å². The lowest BCUT2D eigenvalue weighted by atomic mass is 10.1. The van der Waals surface area contributed by atoms with Crippen LogP contribution in [-0.4, -0.2) is 29.6 Å². The fourth-order valence-electron chi connectivity index (χ4n) is 1.67. The van der Waals surface area contributed by atoms with E-state index in [0.29, 0.717) is 12.2 Å². The summed E-state index contributed by atoms with van der Waals surface area (Å²) in [5, 5.41) is 14.6. The number of aryl methyl sites for hydroxylation is 1. The van der Waals surface area contributed by atoms with Crippen LogP contribution in [0, 0.1) is 6.92 Å². The number of anilines is 1. The van der Waals surface area contributed by atoms with E-state index in [0.717, 1.165) is 12.0 Å². The Hall–Kier alpha value is -1.88. The summed E-state index contributed by atoms with van der Waals surface area (Å²) >= 11 is 0. The number of amides is 1.